The van der Waals surface area contributed by atoms with E-state index < -0.39 is 0 Å². The van der Waals surface area contributed by atoms with E-state index in [2.05, 4.69) is 40.2 Å². The van der Waals surface area contributed by atoms with Gasteiger partial charge in [0.2, 0.25) is 0 Å². The molecule has 0 spiro atoms. The third-order valence-corrected chi connectivity index (χ3v) is 6.55. The van der Waals surface area contributed by atoms with E-state index in [1.807, 2.05) is 6.20 Å². The molecule has 3 heterocycles. The van der Waals surface area contributed by atoms with E-state index in [4.69, 9.17) is 9.47 Å². The van der Waals surface area contributed by atoms with Crippen LogP contribution in [0.1, 0.15) is 61.4 Å². The highest BCUT2D eigenvalue weighted by Gasteiger charge is 2.40. The van der Waals surface area contributed by atoms with Crippen molar-refractivity contribution in [1.29, 1.82) is 0 Å². The largest absolute Gasteiger partial charge is 0.493 e. The number of benzene rings is 1. The zero-order valence-electron chi connectivity index (χ0n) is 16.1. The Morgan fingerprint density at radius 3 is 2.81 bits per heavy atom. The molecule has 5 rings (SSSR count). The molecule has 2 aliphatic heterocycles. The molecule has 2 aromatic rings. The zero-order valence-corrected chi connectivity index (χ0v) is 16.1. The number of aromatic nitrogens is 1. The van der Waals surface area contributed by atoms with Crippen LogP contribution in [0.4, 0.5) is 0 Å². The monoisotopic (exact) mass is 364 g/mol. The minimum absolute atomic E-state index is 0.353. The molecule has 4 nitrogen and oxygen atoms in total. The van der Waals surface area contributed by atoms with Crippen LogP contribution in [0.3, 0.4) is 0 Å². The average Bonchev–Trinajstić information content (AvgIpc) is 3.30. The lowest BCUT2D eigenvalue weighted by atomic mass is 9.97. The second kappa shape index (κ2) is 7.16. The molecular formula is C23H28N2O2. The summed E-state index contributed by atoms with van der Waals surface area (Å²) in [5.41, 5.74) is 4.04. The summed E-state index contributed by atoms with van der Waals surface area (Å²) in [5, 5.41) is 0. The van der Waals surface area contributed by atoms with Gasteiger partial charge in [-0.2, -0.15) is 0 Å². The maximum absolute atomic E-state index is 6.20. The minimum Gasteiger partial charge on any atom is -0.493 e. The number of nitrogens with zero attached hydrogens (tertiary/aromatic N) is 2. The zero-order chi connectivity index (χ0) is 18.2. The van der Waals surface area contributed by atoms with Crippen molar-refractivity contribution in [2.75, 3.05) is 7.11 Å². The van der Waals surface area contributed by atoms with Crippen LogP contribution in [-0.4, -0.2) is 29.1 Å². The Hall–Kier alpha value is -2.07. The Bertz CT molecular complexity index is 816. The summed E-state index contributed by atoms with van der Waals surface area (Å²) in [6, 6.07) is 11.9. The highest BCUT2D eigenvalue weighted by Crippen LogP contribution is 2.44. The van der Waals surface area contributed by atoms with Gasteiger partial charge < -0.3 is 9.47 Å². The Morgan fingerprint density at radius 2 is 1.96 bits per heavy atom. The van der Waals surface area contributed by atoms with Crippen LogP contribution < -0.4 is 9.47 Å². The standard InChI is InChI=1S/C23H28N2O2/c1-26-23-13-16(8-11-22(23)27-18-5-2-3-6-18)15-25-17-9-10-21(25)19-7-4-12-24-20(19)14-17/h4,7-8,11-13,17-18,21H,2-3,5-6,9-10,14-15H2,1H3/t17-,21-/m1/s1. The summed E-state index contributed by atoms with van der Waals surface area (Å²) in [5.74, 6) is 1.76. The van der Waals surface area contributed by atoms with Crippen molar-refractivity contribution in [3.63, 3.8) is 0 Å². The van der Waals surface area contributed by atoms with Gasteiger partial charge in [-0.1, -0.05) is 12.1 Å². The maximum atomic E-state index is 6.20. The number of pyridine rings is 1. The maximum Gasteiger partial charge on any atom is 0.161 e. The molecular weight excluding hydrogens is 336 g/mol. The van der Waals surface area contributed by atoms with E-state index in [1.54, 1.807) is 7.11 Å². The lowest BCUT2D eigenvalue weighted by Crippen LogP contribution is -2.37. The van der Waals surface area contributed by atoms with E-state index in [1.165, 1.54) is 42.5 Å². The van der Waals surface area contributed by atoms with E-state index in [0.29, 0.717) is 18.2 Å². The molecule has 2 atom stereocenters. The van der Waals surface area contributed by atoms with E-state index in [9.17, 15) is 0 Å². The lowest BCUT2D eigenvalue weighted by molar-refractivity contribution is 0.166. The predicted octanol–water partition coefficient (Wildman–Crippen LogP) is 4.67. The van der Waals surface area contributed by atoms with Crippen molar-refractivity contribution in [2.45, 2.75) is 69.7 Å². The van der Waals surface area contributed by atoms with Crippen LogP contribution in [0.25, 0.3) is 0 Å². The van der Waals surface area contributed by atoms with E-state index >= 15 is 0 Å². The van der Waals surface area contributed by atoms with Gasteiger partial charge in [0.05, 0.1) is 13.2 Å². The third-order valence-electron chi connectivity index (χ3n) is 6.55. The van der Waals surface area contributed by atoms with Crippen molar-refractivity contribution < 1.29 is 9.47 Å². The Morgan fingerprint density at radius 1 is 1.07 bits per heavy atom. The summed E-state index contributed by atoms with van der Waals surface area (Å²) >= 11 is 0. The summed E-state index contributed by atoms with van der Waals surface area (Å²) in [6.45, 7) is 0.962. The van der Waals surface area contributed by atoms with Crippen molar-refractivity contribution in [3.8, 4) is 11.5 Å². The number of fused-ring (bicyclic) bond motifs is 4. The highest BCUT2D eigenvalue weighted by atomic mass is 16.5. The SMILES string of the molecule is COc1cc(CN2[C@@H]3CC[C@@H]2c2cccnc2C3)ccc1OC1CCCC1. The number of hydrogen-bond acceptors (Lipinski definition) is 4. The molecule has 1 aliphatic carbocycles. The van der Waals surface area contributed by atoms with Crippen LogP contribution in [-0.2, 0) is 13.0 Å². The first-order valence-electron chi connectivity index (χ1n) is 10.3. The Labute approximate surface area is 161 Å². The van der Waals surface area contributed by atoms with Crippen molar-refractivity contribution in [3.05, 3.63) is 53.3 Å². The van der Waals surface area contributed by atoms with Gasteiger partial charge in [-0.3, -0.25) is 9.88 Å². The predicted molar refractivity (Wildman–Crippen MR) is 105 cm³/mol. The van der Waals surface area contributed by atoms with Crippen LogP contribution in [0.2, 0.25) is 0 Å². The average molecular weight is 364 g/mol. The molecule has 2 bridgehead atoms. The molecule has 27 heavy (non-hydrogen) atoms. The molecule has 0 radical (unpaired) electrons. The lowest BCUT2D eigenvalue weighted by Gasteiger charge is -2.35. The van der Waals surface area contributed by atoms with Gasteiger partial charge in [-0.25, -0.2) is 0 Å². The van der Waals surface area contributed by atoms with Gasteiger partial charge in [0, 0.05) is 36.9 Å². The van der Waals surface area contributed by atoms with E-state index in [-0.39, 0.29) is 0 Å². The topological polar surface area (TPSA) is 34.6 Å². The van der Waals surface area contributed by atoms with Crippen molar-refractivity contribution >= 4 is 0 Å². The van der Waals surface area contributed by atoms with Gasteiger partial charge in [0.15, 0.2) is 11.5 Å². The molecule has 2 fully saturated rings. The molecule has 1 saturated carbocycles. The molecule has 142 valence electrons. The molecule has 1 aromatic heterocycles. The van der Waals surface area contributed by atoms with Crippen LogP contribution >= 0.6 is 0 Å². The fourth-order valence-corrected chi connectivity index (χ4v) is 5.18. The quantitative estimate of drug-likeness (QED) is 0.772. The summed E-state index contributed by atoms with van der Waals surface area (Å²) in [6.07, 6.45) is 10.7. The fourth-order valence-electron chi connectivity index (χ4n) is 5.18. The fraction of sp³-hybridized carbons (Fsp3) is 0.522. The molecule has 0 N–H and O–H groups in total. The molecule has 0 unspecified atom stereocenters. The molecule has 3 aliphatic rings. The number of ether oxygens (including phenoxy) is 2. The van der Waals surface area contributed by atoms with Crippen LogP contribution in [0, 0.1) is 0 Å². The molecule has 0 amide bonds. The minimum atomic E-state index is 0.353. The summed E-state index contributed by atoms with van der Waals surface area (Å²) in [7, 11) is 1.74. The Kier molecular flexibility index (Phi) is 4.52. The van der Waals surface area contributed by atoms with E-state index in [0.717, 1.165) is 37.3 Å². The number of rotatable bonds is 5. The molecule has 1 saturated heterocycles. The Balaban J connectivity index is 1.35. The molecule has 1 aromatic carbocycles. The second-order valence-corrected chi connectivity index (χ2v) is 8.17. The number of hydrogen-bond donors (Lipinski definition) is 0. The third kappa shape index (κ3) is 3.20. The van der Waals surface area contributed by atoms with Gasteiger partial charge in [0.1, 0.15) is 0 Å². The summed E-state index contributed by atoms with van der Waals surface area (Å²) < 4.78 is 11.9. The van der Waals surface area contributed by atoms with Crippen molar-refractivity contribution in [2.24, 2.45) is 0 Å². The summed E-state index contributed by atoms with van der Waals surface area (Å²) in [4.78, 5) is 7.29. The first kappa shape index (κ1) is 17.1. The highest BCUT2D eigenvalue weighted by molar-refractivity contribution is 5.43. The van der Waals surface area contributed by atoms with Gasteiger partial charge >= 0.3 is 0 Å². The van der Waals surface area contributed by atoms with Crippen LogP contribution in [0.5, 0.6) is 11.5 Å². The van der Waals surface area contributed by atoms with Gasteiger partial charge in [0.25, 0.3) is 0 Å². The number of methoxy groups -OCH3 is 1. The van der Waals surface area contributed by atoms with Gasteiger partial charge in [-0.15, -0.1) is 0 Å². The first-order chi connectivity index (χ1) is 13.3. The smallest absolute Gasteiger partial charge is 0.161 e. The van der Waals surface area contributed by atoms with Crippen LogP contribution in [0.15, 0.2) is 36.5 Å². The normalized spacial score (nSPS) is 24.8. The van der Waals surface area contributed by atoms with Gasteiger partial charge in [-0.05, 0) is 67.9 Å². The molecule has 4 heteroatoms. The second-order valence-electron chi connectivity index (χ2n) is 8.17. The first-order valence-corrected chi connectivity index (χ1v) is 10.3. The van der Waals surface area contributed by atoms with Crippen molar-refractivity contribution in [1.82, 2.24) is 9.88 Å².